The molecule has 31 heavy (non-hydrogen) atoms. The summed E-state index contributed by atoms with van der Waals surface area (Å²) in [5, 5.41) is 3.01. The number of ether oxygens (including phenoxy) is 1. The molecule has 3 heterocycles. The highest BCUT2D eigenvalue weighted by molar-refractivity contribution is 7.09. The number of amides is 1. The minimum Gasteiger partial charge on any atom is -0.489 e. The Balaban J connectivity index is 1.94. The first-order chi connectivity index (χ1) is 14.6. The van der Waals surface area contributed by atoms with Crippen LogP contribution in [0.1, 0.15) is 29.8 Å². The number of pyridine rings is 2. The number of anilines is 2. The summed E-state index contributed by atoms with van der Waals surface area (Å²) in [6, 6.07) is 4.06. The van der Waals surface area contributed by atoms with E-state index in [9.17, 15) is 18.0 Å². The summed E-state index contributed by atoms with van der Waals surface area (Å²) in [5.74, 6) is -0.275. The van der Waals surface area contributed by atoms with Crippen LogP contribution in [0.2, 0.25) is 0 Å². The molecule has 0 aliphatic rings. The van der Waals surface area contributed by atoms with Crippen molar-refractivity contribution in [3.63, 3.8) is 0 Å². The van der Waals surface area contributed by atoms with Crippen LogP contribution in [0.15, 0.2) is 30.6 Å². The van der Waals surface area contributed by atoms with Crippen LogP contribution in [0.4, 0.5) is 24.1 Å². The van der Waals surface area contributed by atoms with Gasteiger partial charge in [-0.25, -0.2) is 9.97 Å². The summed E-state index contributed by atoms with van der Waals surface area (Å²) in [6.07, 6.45) is -2.30. The molecule has 3 rings (SSSR count). The third-order valence-electron chi connectivity index (χ3n) is 3.85. The smallest absolute Gasteiger partial charge is 0.418 e. The molecule has 0 spiro atoms. The van der Waals surface area contributed by atoms with Crippen LogP contribution in [0.5, 0.6) is 5.75 Å². The van der Waals surface area contributed by atoms with E-state index in [-0.39, 0.29) is 40.1 Å². The Hall–Kier alpha value is -3.28. The van der Waals surface area contributed by atoms with Gasteiger partial charge in [0, 0.05) is 31.8 Å². The molecule has 0 aliphatic carbocycles. The van der Waals surface area contributed by atoms with Crippen LogP contribution >= 0.6 is 11.5 Å². The lowest BCUT2D eigenvalue weighted by Crippen LogP contribution is -2.22. The molecule has 0 unspecified atom stereocenters. The predicted molar refractivity (Wildman–Crippen MR) is 109 cm³/mol. The van der Waals surface area contributed by atoms with Crippen molar-refractivity contribution >= 4 is 28.4 Å². The van der Waals surface area contributed by atoms with Gasteiger partial charge < -0.3 is 15.0 Å². The first-order valence-corrected chi connectivity index (χ1v) is 9.85. The summed E-state index contributed by atoms with van der Waals surface area (Å²) in [6.45, 7) is 3.40. The molecule has 1 N–H and O–H groups in total. The predicted octanol–water partition coefficient (Wildman–Crippen LogP) is 4.25. The van der Waals surface area contributed by atoms with Crippen molar-refractivity contribution in [3.8, 4) is 17.3 Å². The molecule has 0 atom stereocenters. The second-order valence-electron chi connectivity index (χ2n) is 6.88. The van der Waals surface area contributed by atoms with E-state index in [1.807, 2.05) is 0 Å². The van der Waals surface area contributed by atoms with E-state index >= 15 is 0 Å². The van der Waals surface area contributed by atoms with Gasteiger partial charge in [0.1, 0.15) is 17.3 Å². The standard InChI is InChI=1S/C19H19F3N6O2S/c1-10(2)30-11-8-13(19(20,21)22)14(24-9-11)16-26-18(31-27-16)25-15-12(6-5-7-23-15)17(29)28(3)4/h5-10H,1-4H3,(H,23,25,26,27). The van der Waals surface area contributed by atoms with E-state index in [0.717, 1.165) is 17.6 Å². The third-order valence-corrected chi connectivity index (χ3v) is 4.48. The number of nitrogens with one attached hydrogen (secondary N) is 1. The molecule has 1 amide bonds. The van der Waals surface area contributed by atoms with Gasteiger partial charge in [0.25, 0.3) is 5.91 Å². The molecular weight excluding hydrogens is 433 g/mol. The maximum atomic E-state index is 13.6. The third kappa shape index (κ3) is 5.26. The van der Waals surface area contributed by atoms with Crippen LogP contribution in [-0.2, 0) is 6.18 Å². The molecule has 3 aromatic heterocycles. The number of hydrogen-bond acceptors (Lipinski definition) is 8. The van der Waals surface area contributed by atoms with Gasteiger partial charge in [-0.05, 0) is 32.0 Å². The van der Waals surface area contributed by atoms with Crippen molar-refractivity contribution in [1.29, 1.82) is 0 Å². The zero-order chi connectivity index (χ0) is 22.8. The van der Waals surface area contributed by atoms with Gasteiger partial charge in [-0.15, -0.1) is 0 Å². The van der Waals surface area contributed by atoms with Gasteiger partial charge >= 0.3 is 6.18 Å². The molecule has 0 saturated carbocycles. The molecule has 0 saturated heterocycles. The second-order valence-corrected chi connectivity index (χ2v) is 7.63. The van der Waals surface area contributed by atoms with Crippen LogP contribution in [0.25, 0.3) is 11.5 Å². The Morgan fingerprint density at radius 1 is 1.26 bits per heavy atom. The number of nitrogens with zero attached hydrogens (tertiary/aromatic N) is 5. The van der Waals surface area contributed by atoms with Crippen LogP contribution in [0, 0.1) is 0 Å². The van der Waals surface area contributed by atoms with Crippen molar-refractivity contribution in [2.75, 3.05) is 19.4 Å². The Morgan fingerprint density at radius 3 is 2.65 bits per heavy atom. The quantitative estimate of drug-likeness (QED) is 0.598. The number of rotatable bonds is 6. The second kappa shape index (κ2) is 8.84. The Labute approximate surface area is 180 Å². The highest BCUT2D eigenvalue weighted by Crippen LogP contribution is 2.38. The fraction of sp³-hybridized carbons (Fsp3) is 0.316. The molecule has 164 valence electrons. The zero-order valence-corrected chi connectivity index (χ0v) is 17.9. The van der Waals surface area contributed by atoms with Gasteiger partial charge in [0.15, 0.2) is 5.82 Å². The summed E-state index contributed by atoms with van der Waals surface area (Å²) in [5.41, 5.74) is -1.14. The molecule has 0 radical (unpaired) electrons. The van der Waals surface area contributed by atoms with E-state index < -0.39 is 17.4 Å². The first-order valence-electron chi connectivity index (χ1n) is 9.08. The van der Waals surface area contributed by atoms with Gasteiger partial charge in [-0.3, -0.25) is 4.79 Å². The van der Waals surface area contributed by atoms with Crippen molar-refractivity contribution in [2.45, 2.75) is 26.1 Å². The number of hydrogen-bond donors (Lipinski definition) is 1. The lowest BCUT2D eigenvalue weighted by Gasteiger charge is -2.14. The fourth-order valence-electron chi connectivity index (χ4n) is 2.57. The molecule has 0 fully saturated rings. The Kier molecular flexibility index (Phi) is 6.39. The van der Waals surface area contributed by atoms with Gasteiger partial charge in [-0.1, -0.05) is 0 Å². The van der Waals surface area contributed by atoms with E-state index in [1.165, 1.54) is 17.3 Å². The average Bonchev–Trinajstić information content (AvgIpc) is 3.15. The Morgan fingerprint density at radius 2 is 2.00 bits per heavy atom. The van der Waals surface area contributed by atoms with Crippen LogP contribution < -0.4 is 10.1 Å². The molecule has 12 heteroatoms. The first kappa shape index (κ1) is 22.4. The topological polar surface area (TPSA) is 93.1 Å². The molecule has 0 aromatic carbocycles. The summed E-state index contributed by atoms with van der Waals surface area (Å²) in [4.78, 5) is 25.8. The van der Waals surface area contributed by atoms with Crippen molar-refractivity contribution in [2.24, 2.45) is 0 Å². The average molecular weight is 452 g/mol. The molecule has 8 nitrogen and oxygen atoms in total. The minimum absolute atomic E-state index is 0.0000201. The van der Waals surface area contributed by atoms with Crippen LogP contribution in [0.3, 0.4) is 0 Å². The summed E-state index contributed by atoms with van der Waals surface area (Å²) in [7, 11) is 3.19. The number of carbonyl (C=O) groups is 1. The molecule has 0 bridgehead atoms. The SMILES string of the molecule is CC(C)Oc1cnc(-c2nsc(Nc3ncccc3C(=O)N(C)C)n2)c(C(F)(F)F)c1. The van der Waals surface area contributed by atoms with Gasteiger partial charge in [0.05, 0.1) is 23.4 Å². The number of carbonyl (C=O) groups excluding carboxylic acids is 1. The molecular formula is C19H19F3N6O2S. The fourth-order valence-corrected chi connectivity index (χ4v) is 3.14. The highest BCUT2D eigenvalue weighted by atomic mass is 32.1. The van der Waals surface area contributed by atoms with Crippen LogP contribution in [-0.4, -0.2) is 50.3 Å². The number of aromatic nitrogens is 4. The van der Waals surface area contributed by atoms with Gasteiger partial charge in [0.2, 0.25) is 5.13 Å². The van der Waals surface area contributed by atoms with E-state index in [1.54, 1.807) is 40.1 Å². The van der Waals surface area contributed by atoms with E-state index in [0.29, 0.717) is 0 Å². The highest BCUT2D eigenvalue weighted by Gasteiger charge is 2.36. The summed E-state index contributed by atoms with van der Waals surface area (Å²) >= 11 is 0.826. The maximum Gasteiger partial charge on any atom is 0.418 e. The Bertz CT molecular complexity index is 1080. The van der Waals surface area contributed by atoms with Crippen molar-refractivity contribution in [1.82, 2.24) is 24.2 Å². The minimum atomic E-state index is -4.68. The monoisotopic (exact) mass is 452 g/mol. The van der Waals surface area contributed by atoms with E-state index in [4.69, 9.17) is 4.74 Å². The largest absolute Gasteiger partial charge is 0.489 e. The number of alkyl halides is 3. The lowest BCUT2D eigenvalue weighted by molar-refractivity contribution is -0.137. The zero-order valence-electron chi connectivity index (χ0n) is 17.1. The lowest BCUT2D eigenvalue weighted by atomic mass is 10.1. The summed E-state index contributed by atoms with van der Waals surface area (Å²) < 4.78 is 50.1. The normalized spacial score (nSPS) is 11.5. The van der Waals surface area contributed by atoms with Crippen molar-refractivity contribution in [3.05, 3.63) is 41.7 Å². The molecule has 0 aliphatic heterocycles. The maximum absolute atomic E-state index is 13.6. The van der Waals surface area contributed by atoms with E-state index in [2.05, 4.69) is 24.6 Å². The molecule has 3 aromatic rings. The van der Waals surface area contributed by atoms with Gasteiger partial charge in [-0.2, -0.15) is 22.5 Å². The number of halogens is 3. The van der Waals surface area contributed by atoms with Crippen molar-refractivity contribution < 1.29 is 22.7 Å².